The Hall–Kier alpha value is -0.340. The van der Waals surface area contributed by atoms with E-state index in [0.717, 1.165) is 18.8 Å². The van der Waals surface area contributed by atoms with Gasteiger partial charge in [0.15, 0.2) is 0 Å². The van der Waals surface area contributed by atoms with Crippen LogP contribution < -0.4 is 0 Å². The molecule has 0 bridgehead atoms. The monoisotopic (exact) mass is 143 g/mol. The Morgan fingerprint density at radius 2 is 1.90 bits per heavy atom. The van der Waals surface area contributed by atoms with Crippen LogP contribution in [-0.4, -0.2) is 23.4 Å². The summed E-state index contributed by atoms with van der Waals surface area (Å²) >= 11 is 0. The van der Waals surface area contributed by atoms with E-state index in [1.165, 1.54) is 0 Å². The van der Waals surface area contributed by atoms with E-state index in [-0.39, 0.29) is 13.2 Å². The summed E-state index contributed by atoms with van der Waals surface area (Å²) in [7, 11) is 0. The fourth-order valence-electron chi connectivity index (χ4n) is 0.779. The average Bonchev–Trinajstić information content (AvgIpc) is 1.98. The molecule has 0 aliphatic rings. The maximum Gasteiger partial charge on any atom is 0.0439 e. The molecule has 0 aliphatic carbocycles. The Kier molecular flexibility index (Phi) is 6.55. The molecule has 0 rings (SSSR count). The number of rotatable bonds is 6. The third-order valence-corrected chi connectivity index (χ3v) is 1.38. The highest BCUT2D eigenvalue weighted by atomic mass is 16.3. The van der Waals surface area contributed by atoms with Crippen LogP contribution in [0.25, 0.3) is 0 Å². The minimum absolute atomic E-state index is 0.173. The molecule has 0 atom stereocenters. The van der Waals surface area contributed by atoms with E-state index < -0.39 is 0 Å². The molecule has 2 N–H and O–H groups in total. The van der Waals surface area contributed by atoms with Gasteiger partial charge in [0.25, 0.3) is 0 Å². The van der Waals surface area contributed by atoms with Gasteiger partial charge in [0, 0.05) is 13.2 Å². The second kappa shape index (κ2) is 6.78. The summed E-state index contributed by atoms with van der Waals surface area (Å²) in [5.74, 6) is 1.12. The van der Waals surface area contributed by atoms with Crippen molar-refractivity contribution in [3.63, 3.8) is 0 Å². The molecule has 2 heteroatoms. The number of hydrogen-bond acceptors (Lipinski definition) is 2. The third kappa shape index (κ3) is 4.53. The van der Waals surface area contributed by atoms with E-state index >= 15 is 0 Å². The van der Waals surface area contributed by atoms with Gasteiger partial charge in [-0.05, 0) is 25.2 Å². The van der Waals surface area contributed by atoms with Crippen molar-refractivity contribution in [1.29, 1.82) is 0 Å². The standard InChI is InChI=1S/C8H15O2/c1-2-8(5-7-10)4-3-6-9/h2,9-10H,1,3-7H2. The lowest BCUT2D eigenvalue weighted by atomic mass is 10.0. The van der Waals surface area contributed by atoms with Crippen LogP contribution in [0.1, 0.15) is 19.3 Å². The molecule has 0 heterocycles. The van der Waals surface area contributed by atoms with Gasteiger partial charge in [-0.25, -0.2) is 0 Å². The van der Waals surface area contributed by atoms with Crippen LogP contribution in [0.2, 0.25) is 0 Å². The fourth-order valence-corrected chi connectivity index (χ4v) is 0.779. The zero-order chi connectivity index (χ0) is 7.82. The predicted molar refractivity (Wildman–Crippen MR) is 41.5 cm³/mol. The quantitative estimate of drug-likeness (QED) is 0.580. The Bertz CT molecular complexity index is 81.3. The van der Waals surface area contributed by atoms with Crippen LogP contribution in [0.4, 0.5) is 0 Å². The normalized spacial score (nSPS) is 10.3. The first-order chi connectivity index (χ1) is 4.85. The van der Waals surface area contributed by atoms with E-state index in [2.05, 4.69) is 6.58 Å². The first-order valence-electron chi connectivity index (χ1n) is 3.54. The van der Waals surface area contributed by atoms with E-state index in [1.54, 1.807) is 6.08 Å². The van der Waals surface area contributed by atoms with E-state index in [9.17, 15) is 0 Å². The zero-order valence-electron chi connectivity index (χ0n) is 6.21. The average molecular weight is 143 g/mol. The van der Waals surface area contributed by atoms with E-state index in [0.29, 0.717) is 6.42 Å². The molecule has 0 aromatic rings. The van der Waals surface area contributed by atoms with E-state index in [1.807, 2.05) is 0 Å². The number of allylic oxidation sites excluding steroid dienone is 1. The Labute approximate surface area is 62.2 Å². The summed E-state index contributed by atoms with van der Waals surface area (Å²) in [5.41, 5.74) is 0. The number of aliphatic hydroxyl groups excluding tert-OH is 2. The molecular formula is C8H15O2. The van der Waals surface area contributed by atoms with Gasteiger partial charge < -0.3 is 10.2 Å². The van der Waals surface area contributed by atoms with Crippen molar-refractivity contribution in [1.82, 2.24) is 0 Å². The minimum Gasteiger partial charge on any atom is -0.396 e. The first kappa shape index (κ1) is 9.66. The topological polar surface area (TPSA) is 40.5 Å². The van der Waals surface area contributed by atoms with Crippen molar-refractivity contribution in [2.75, 3.05) is 13.2 Å². The van der Waals surface area contributed by atoms with Gasteiger partial charge >= 0.3 is 0 Å². The van der Waals surface area contributed by atoms with Crippen molar-refractivity contribution in [2.45, 2.75) is 19.3 Å². The van der Waals surface area contributed by atoms with Crippen LogP contribution in [0.3, 0.4) is 0 Å². The van der Waals surface area contributed by atoms with Gasteiger partial charge in [0.2, 0.25) is 0 Å². The molecular weight excluding hydrogens is 128 g/mol. The van der Waals surface area contributed by atoms with Crippen molar-refractivity contribution in [3.05, 3.63) is 18.6 Å². The zero-order valence-corrected chi connectivity index (χ0v) is 6.21. The molecule has 0 aliphatic heterocycles. The summed E-state index contributed by atoms with van der Waals surface area (Å²) in [6.45, 7) is 3.99. The molecule has 0 unspecified atom stereocenters. The number of hydrogen-bond donors (Lipinski definition) is 2. The van der Waals surface area contributed by atoms with Gasteiger partial charge in [-0.15, -0.1) is 6.58 Å². The Morgan fingerprint density at radius 3 is 2.30 bits per heavy atom. The SMILES string of the molecule is C=C[C](CCO)CCCO. The lowest BCUT2D eigenvalue weighted by Gasteiger charge is -2.07. The summed E-state index contributed by atoms with van der Waals surface area (Å²) in [6.07, 6.45) is 4.05. The summed E-state index contributed by atoms with van der Waals surface area (Å²) < 4.78 is 0. The highest BCUT2D eigenvalue weighted by Crippen LogP contribution is 2.13. The van der Waals surface area contributed by atoms with Crippen molar-refractivity contribution in [2.24, 2.45) is 0 Å². The predicted octanol–water partition coefficient (Wildman–Crippen LogP) is 0.902. The van der Waals surface area contributed by atoms with Crippen LogP contribution in [-0.2, 0) is 0 Å². The van der Waals surface area contributed by atoms with Gasteiger partial charge in [0.1, 0.15) is 0 Å². The van der Waals surface area contributed by atoms with Gasteiger partial charge in [-0.2, -0.15) is 0 Å². The van der Waals surface area contributed by atoms with Crippen LogP contribution >= 0.6 is 0 Å². The summed E-state index contributed by atoms with van der Waals surface area (Å²) in [4.78, 5) is 0. The Morgan fingerprint density at radius 1 is 1.20 bits per heavy atom. The molecule has 0 saturated heterocycles. The third-order valence-electron chi connectivity index (χ3n) is 1.38. The largest absolute Gasteiger partial charge is 0.396 e. The second-order valence-electron chi connectivity index (χ2n) is 2.16. The summed E-state index contributed by atoms with van der Waals surface area (Å²) in [6, 6.07) is 0. The summed E-state index contributed by atoms with van der Waals surface area (Å²) in [5, 5.41) is 17.0. The van der Waals surface area contributed by atoms with E-state index in [4.69, 9.17) is 10.2 Å². The Balaban J connectivity index is 3.29. The smallest absolute Gasteiger partial charge is 0.0439 e. The molecule has 1 radical (unpaired) electrons. The molecule has 0 spiro atoms. The minimum atomic E-state index is 0.173. The van der Waals surface area contributed by atoms with Crippen LogP contribution in [0.15, 0.2) is 12.7 Å². The lowest BCUT2D eigenvalue weighted by molar-refractivity contribution is 0.275. The van der Waals surface area contributed by atoms with Crippen LogP contribution in [0.5, 0.6) is 0 Å². The maximum absolute atomic E-state index is 8.54. The van der Waals surface area contributed by atoms with Crippen molar-refractivity contribution >= 4 is 0 Å². The number of aliphatic hydroxyl groups is 2. The van der Waals surface area contributed by atoms with Crippen molar-refractivity contribution in [3.8, 4) is 0 Å². The maximum atomic E-state index is 8.54. The molecule has 0 aromatic heterocycles. The molecule has 0 fully saturated rings. The molecule has 0 amide bonds. The van der Waals surface area contributed by atoms with Crippen molar-refractivity contribution < 1.29 is 10.2 Å². The second-order valence-corrected chi connectivity index (χ2v) is 2.16. The van der Waals surface area contributed by atoms with Gasteiger partial charge in [-0.1, -0.05) is 6.08 Å². The molecule has 2 nitrogen and oxygen atoms in total. The highest BCUT2D eigenvalue weighted by molar-refractivity contribution is 5.05. The molecule has 0 saturated carbocycles. The highest BCUT2D eigenvalue weighted by Gasteiger charge is 2.01. The molecule has 10 heavy (non-hydrogen) atoms. The molecule has 59 valence electrons. The molecule has 0 aromatic carbocycles. The first-order valence-corrected chi connectivity index (χ1v) is 3.54. The lowest BCUT2D eigenvalue weighted by Crippen LogP contribution is -1.98. The van der Waals surface area contributed by atoms with Gasteiger partial charge in [0.05, 0.1) is 0 Å². The van der Waals surface area contributed by atoms with Gasteiger partial charge in [-0.3, -0.25) is 0 Å². The van der Waals surface area contributed by atoms with Crippen LogP contribution in [0, 0.1) is 5.92 Å². The fraction of sp³-hybridized carbons (Fsp3) is 0.625.